The molecule has 21 heavy (non-hydrogen) atoms. The van der Waals surface area contributed by atoms with E-state index < -0.39 is 0 Å². The molecule has 0 saturated heterocycles. The highest BCUT2D eigenvalue weighted by molar-refractivity contribution is 6.28. The normalized spacial score (nSPS) is 16.3. The van der Waals surface area contributed by atoms with Crippen molar-refractivity contribution in [3.8, 4) is 11.3 Å². The number of aromatic nitrogens is 2. The van der Waals surface area contributed by atoms with Gasteiger partial charge in [-0.2, -0.15) is 0 Å². The number of fused-ring (bicyclic) bond motifs is 2. The van der Waals surface area contributed by atoms with Crippen molar-refractivity contribution >= 4 is 17.5 Å². The first-order valence-corrected chi connectivity index (χ1v) is 7.45. The molecule has 1 aliphatic carbocycles. The fourth-order valence-electron chi connectivity index (χ4n) is 3.23. The Kier molecular flexibility index (Phi) is 2.76. The van der Waals surface area contributed by atoms with Crippen LogP contribution in [-0.2, 0) is 19.4 Å². The Balaban J connectivity index is 1.88. The molecule has 0 atom stereocenters. The maximum atomic E-state index is 12.1. The Morgan fingerprint density at radius 2 is 2.10 bits per heavy atom. The molecule has 2 aromatic rings. The molecule has 106 valence electrons. The van der Waals surface area contributed by atoms with E-state index in [1.165, 1.54) is 5.56 Å². The van der Waals surface area contributed by atoms with Gasteiger partial charge in [0.15, 0.2) is 0 Å². The predicted octanol–water partition coefficient (Wildman–Crippen LogP) is 2.87. The molecule has 4 nitrogen and oxygen atoms in total. The summed E-state index contributed by atoms with van der Waals surface area (Å²) in [6, 6.07) is 5.99. The van der Waals surface area contributed by atoms with Crippen LogP contribution >= 0.6 is 11.6 Å². The number of rotatable bonds is 1. The summed E-state index contributed by atoms with van der Waals surface area (Å²) >= 11 is 6.05. The lowest BCUT2D eigenvalue weighted by molar-refractivity contribution is 0.0816. The van der Waals surface area contributed by atoms with E-state index in [1.54, 1.807) is 4.90 Å². The lowest BCUT2D eigenvalue weighted by Crippen LogP contribution is -2.17. The molecule has 2 aliphatic rings. The third-order valence-corrected chi connectivity index (χ3v) is 4.44. The lowest BCUT2D eigenvalue weighted by Gasteiger charge is -2.09. The summed E-state index contributed by atoms with van der Waals surface area (Å²) in [5, 5.41) is 0.287. The van der Waals surface area contributed by atoms with Gasteiger partial charge in [-0.05, 0) is 42.5 Å². The van der Waals surface area contributed by atoms with Crippen LogP contribution in [0, 0.1) is 0 Å². The summed E-state index contributed by atoms with van der Waals surface area (Å²) < 4.78 is 0. The number of benzene rings is 1. The molecule has 1 amide bonds. The number of carbonyl (C=O) groups excluding carboxylic acids is 1. The molecule has 0 N–H and O–H groups in total. The topological polar surface area (TPSA) is 46.1 Å². The Hall–Kier alpha value is -1.94. The first kappa shape index (κ1) is 12.8. The van der Waals surface area contributed by atoms with Gasteiger partial charge < -0.3 is 4.90 Å². The zero-order chi connectivity index (χ0) is 14.6. The van der Waals surface area contributed by atoms with Gasteiger partial charge in [0, 0.05) is 36.0 Å². The average Bonchev–Trinajstić information content (AvgIpc) is 3.03. The molecule has 1 aromatic heterocycles. The molecule has 5 heteroatoms. The van der Waals surface area contributed by atoms with E-state index in [4.69, 9.17) is 11.6 Å². The van der Waals surface area contributed by atoms with Gasteiger partial charge in [0.1, 0.15) is 0 Å². The molecule has 0 unspecified atom stereocenters. The summed E-state index contributed by atoms with van der Waals surface area (Å²) in [6.45, 7) is 0.678. The minimum Gasteiger partial charge on any atom is -0.337 e. The molecule has 4 rings (SSSR count). The highest BCUT2D eigenvalue weighted by Gasteiger charge is 2.26. The molecule has 0 radical (unpaired) electrons. The van der Waals surface area contributed by atoms with Crippen LogP contribution in [0.3, 0.4) is 0 Å². The largest absolute Gasteiger partial charge is 0.337 e. The number of hydrogen-bond acceptors (Lipinski definition) is 3. The van der Waals surface area contributed by atoms with Crippen molar-refractivity contribution in [3.05, 3.63) is 45.9 Å². The first-order valence-electron chi connectivity index (χ1n) is 7.07. The fraction of sp³-hybridized carbons (Fsp3) is 0.312. The molecule has 1 aromatic carbocycles. The smallest absolute Gasteiger partial charge is 0.254 e. The number of nitrogens with zero attached hydrogens (tertiary/aromatic N) is 3. The molecule has 1 aliphatic heterocycles. The second-order valence-corrected chi connectivity index (χ2v) is 5.99. The van der Waals surface area contributed by atoms with Crippen molar-refractivity contribution in [1.29, 1.82) is 0 Å². The Labute approximate surface area is 127 Å². The standard InChI is InChI=1S/C16H14ClN3O/c1-20-8-10-6-5-9(7-12(10)15(20)21)14-11-3-2-4-13(11)18-16(17)19-14/h5-7H,2-4,8H2,1H3. The van der Waals surface area contributed by atoms with Crippen LogP contribution in [0.1, 0.15) is 33.6 Å². The third-order valence-electron chi connectivity index (χ3n) is 4.27. The van der Waals surface area contributed by atoms with Gasteiger partial charge >= 0.3 is 0 Å². The highest BCUT2D eigenvalue weighted by atomic mass is 35.5. The minimum atomic E-state index is 0.0728. The maximum absolute atomic E-state index is 12.1. The second kappa shape index (κ2) is 4.53. The van der Waals surface area contributed by atoms with E-state index in [1.807, 2.05) is 25.2 Å². The summed E-state index contributed by atoms with van der Waals surface area (Å²) in [7, 11) is 1.82. The number of hydrogen-bond donors (Lipinski definition) is 0. The minimum absolute atomic E-state index is 0.0728. The van der Waals surface area contributed by atoms with Gasteiger partial charge in [0.25, 0.3) is 5.91 Å². The van der Waals surface area contributed by atoms with E-state index >= 15 is 0 Å². The quantitative estimate of drug-likeness (QED) is 0.761. The van der Waals surface area contributed by atoms with Gasteiger partial charge in [-0.15, -0.1) is 0 Å². The van der Waals surface area contributed by atoms with Crippen LogP contribution in [0.4, 0.5) is 0 Å². The molecular formula is C16H14ClN3O. The van der Waals surface area contributed by atoms with Crippen LogP contribution in [0.25, 0.3) is 11.3 Å². The van der Waals surface area contributed by atoms with Gasteiger partial charge in [-0.25, -0.2) is 9.97 Å². The highest BCUT2D eigenvalue weighted by Crippen LogP contribution is 2.33. The summed E-state index contributed by atoms with van der Waals surface area (Å²) in [6.07, 6.45) is 3.02. The predicted molar refractivity (Wildman–Crippen MR) is 80.3 cm³/mol. The second-order valence-electron chi connectivity index (χ2n) is 5.65. The number of halogens is 1. The summed E-state index contributed by atoms with van der Waals surface area (Å²) in [5.41, 5.74) is 5.92. The van der Waals surface area contributed by atoms with E-state index in [0.717, 1.165) is 47.3 Å². The fourth-order valence-corrected chi connectivity index (χ4v) is 3.42. The van der Waals surface area contributed by atoms with Gasteiger partial charge in [0.2, 0.25) is 5.28 Å². The molecule has 2 heterocycles. The summed E-state index contributed by atoms with van der Waals surface area (Å²) in [5.74, 6) is 0.0728. The Bertz CT molecular complexity index is 772. The van der Waals surface area contributed by atoms with Crippen LogP contribution in [-0.4, -0.2) is 27.8 Å². The van der Waals surface area contributed by atoms with Crippen molar-refractivity contribution < 1.29 is 4.79 Å². The SMILES string of the molecule is CN1Cc2ccc(-c3nc(Cl)nc4c3CCC4)cc2C1=O. The van der Waals surface area contributed by atoms with Gasteiger partial charge in [-0.1, -0.05) is 12.1 Å². The summed E-state index contributed by atoms with van der Waals surface area (Å²) in [4.78, 5) is 22.6. The lowest BCUT2D eigenvalue weighted by atomic mass is 10.0. The maximum Gasteiger partial charge on any atom is 0.254 e. The van der Waals surface area contributed by atoms with Crippen LogP contribution in [0.2, 0.25) is 5.28 Å². The van der Waals surface area contributed by atoms with Crippen LogP contribution in [0.15, 0.2) is 18.2 Å². The van der Waals surface area contributed by atoms with Gasteiger partial charge in [-0.3, -0.25) is 4.79 Å². The van der Waals surface area contributed by atoms with Gasteiger partial charge in [0.05, 0.1) is 5.69 Å². The van der Waals surface area contributed by atoms with Crippen molar-refractivity contribution in [2.75, 3.05) is 7.05 Å². The molecule has 0 saturated carbocycles. The van der Waals surface area contributed by atoms with Crippen molar-refractivity contribution in [1.82, 2.24) is 14.9 Å². The number of aryl methyl sites for hydroxylation is 1. The first-order chi connectivity index (χ1) is 10.1. The third kappa shape index (κ3) is 1.94. The molecule has 0 fully saturated rings. The molecule has 0 spiro atoms. The van der Waals surface area contributed by atoms with Crippen molar-refractivity contribution in [2.24, 2.45) is 0 Å². The monoisotopic (exact) mass is 299 g/mol. The zero-order valence-electron chi connectivity index (χ0n) is 11.7. The van der Waals surface area contributed by atoms with E-state index in [2.05, 4.69) is 9.97 Å². The van der Waals surface area contributed by atoms with Crippen LogP contribution < -0.4 is 0 Å². The number of carbonyl (C=O) groups is 1. The van der Waals surface area contributed by atoms with E-state index in [0.29, 0.717) is 6.54 Å². The Morgan fingerprint density at radius 1 is 1.24 bits per heavy atom. The Morgan fingerprint density at radius 3 is 2.95 bits per heavy atom. The number of amides is 1. The molecular weight excluding hydrogens is 286 g/mol. The van der Waals surface area contributed by atoms with Crippen LogP contribution in [0.5, 0.6) is 0 Å². The van der Waals surface area contributed by atoms with E-state index in [9.17, 15) is 4.79 Å². The van der Waals surface area contributed by atoms with Crippen molar-refractivity contribution in [2.45, 2.75) is 25.8 Å². The van der Waals surface area contributed by atoms with E-state index in [-0.39, 0.29) is 11.2 Å². The van der Waals surface area contributed by atoms with Crippen molar-refractivity contribution in [3.63, 3.8) is 0 Å². The average molecular weight is 300 g/mol. The molecule has 0 bridgehead atoms. The zero-order valence-corrected chi connectivity index (χ0v) is 12.4.